The molecule has 1 saturated heterocycles. The van der Waals surface area contributed by atoms with E-state index in [1.807, 2.05) is 17.9 Å². The first-order valence-corrected chi connectivity index (χ1v) is 7.74. The van der Waals surface area contributed by atoms with E-state index in [-0.39, 0.29) is 24.0 Å². The van der Waals surface area contributed by atoms with Crippen LogP contribution < -0.4 is 5.32 Å². The van der Waals surface area contributed by atoms with Crippen molar-refractivity contribution >= 4 is 45.9 Å². The molecule has 1 aromatic rings. The van der Waals surface area contributed by atoms with Gasteiger partial charge in [-0.15, -0.1) is 24.0 Å². The van der Waals surface area contributed by atoms with Crippen molar-refractivity contribution in [1.82, 2.24) is 20.0 Å². The molecule has 118 valence electrons. The molecule has 0 aliphatic carbocycles. The van der Waals surface area contributed by atoms with Gasteiger partial charge in [0, 0.05) is 43.3 Å². The largest absolute Gasteiger partial charge is 0.357 e. The van der Waals surface area contributed by atoms with Crippen molar-refractivity contribution in [2.45, 2.75) is 19.3 Å². The maximum absolute atomic E-state index is 4.59. The third-order valence-electron chi connectivity index (χ3n) is 3.42. The van der Waals surface area contributed by atoms with Crippen molar-refractivity contribution in [2.75, 3.05) is 26.2 Å². The predicted molar refractivity (Wildman–Crippen MR) is 102 cm³/mol. The zero-order valence-corrected chi connectivity index (χ0v) is 16.5. The third kappa shape index (κ3) is 5.28. The summed E-state index contributed by atoms with van der Waals surface area (Å²) in [5, 5.41) is 7.61. The van der Waals surface area contributed by atoms with Crippen LogP contribution in [0.5, 0.6) is 0 Å². The lowest BCUT2D eigenvalue weighted by Gasteiger charge is -2.21. The highest BCUT2D eigenvalue weighted by Gasteiger charge is 2.26. The van der Waals surface area contributed by atoms with Gasteiger partial charge >= 0.3 is 0 Å². The topological polar surface area (TPSA) is 45.5 Å². The first-order chi connectivity index (χ1) is 9.60. The van der Waals surface area contributed by atoms with E-state index in [2.05, 4.69) is 55.9 Å². The van der Waals surface area contributed by atoms with E-state index in [1.165, 1.54) is 5.56 Å². The van der Waals surface area contributed by atoms with Crippen LogP contribution in [0.2, 0.25) is 0 Å². The molecule has 0 spiro atoms. The molecule has 0 saturated carbocycles. The van der Waals surface area contributed by atoms with Crippen LogP contribution in [-0.4, -0.2) is 46.8 Å². The molecule has 2 heterocycles. The maximum atomic E-state index is 4.59. The molecule has 1 fully saturated rings. The number of guanidine groups is 1. The van der Waals surface area contributed by atoms with Crippen LogP contribution in [0.4, 0.5) is 0 Å². The Morgan fingerprint density at radius 2 is 2.38 bits per heavy atom. The molecule has 1 aromatic heterocycles. The second-order valence-corrected chi connectivity index (χ2v) is 6.19. The number of nitrogens with one attached hydrogen (secondary N) is 1. The van der Waals surface area contributed by atoms with E-state index < -0.39 is 0 Å². The minimum Gasteiger partial charge on any atom is -0.357 e. The number of hydrogen-bond donors (Lipinski definition) is 1. The monoisotopic (exact) mass is 467 g/mol. The molecule has 0 bridgehead atoms. The molecule has 0 radical (unpaired) electrons. The Balaban J connectivity index is 0.00000220. The van der Waals surface area contributed by atoms with Gasteiger partial charge in [-0.3, -0.25) is 4.68 Å². The zero-order chi connectivity index (χ0) is 14.5. The number of hydrogen-bond acceptors (Lipinski definition) is 2. The molecule has 1 aliphatic rings. The highest BCUT2D eigenvalue weighted by molar-refractivity contribution is 14.0. The van der Waals surface area contributed by atoms with Gasteiger partial charge in [-0.2, -0.15) is 5.10 Å². The molecule has 0 aromatic carbocycles. The summed E-state index contributed by atoms with van der Waals surface area (Å²) in [5.74, 6) is 1.51. The summed E-state index contributed by atoms with van der Waals surface area (Å²) in [4.78, 5) is 6.91. The third-order valence-corrected chi connectivity index (χ3v) is 3.67. The molecule has 1 unspecified atom stereocenters. The van der Waals surface area contributed by atoms with E-state index >= 15 is 0 Å². The Kier molecular flexibility index (Phi) is 7.72. The molecule has 1 atom stereocenters. The summed E-state index contributed by atoms with van der Waals surface area (Å²) in [6.45, 7) is 9.43. The molecule has 1 aliphatic heterocycles. The summed E-state index contributed by atoms with van der Waals surface area (Å²) in [7, 11) is 1.96. The Morgan fingerprint density at radius 3 is 2.95 bits per heavy atom. The number of likely N-dealkylation sites (tertiary alicyclic amines) is 1. The number of aryl methyl sites for hydroxylation is 1. The average Bonchev–Trinajstić information content (AvgIpc) is 3.02. The van der Waals surface area contributed by atoms with Gasteiger partial charge in [-0.25, -0.2) is 4.99 Å². The van der Waals surface area contributed by atoms with Gasteiger partial charge in [0.05, 0.1) is 12.7 Å². The smallest absolute Gasteiger partial charge is 0.194 e. The first kappa shape index (κ1) is 18.5. The molecular weight excluding hydrogens is 445 g/mol. The van der Waals surface area contributed by atoms with Crippen LogP contribution >= 0.6 is 39.9 Å². The van der Waals surface area contributed by atoms with Crippen molar-refractivity contribution < 1.29 is 0 Å². The summed E-state index contributed by atoms with van der Waals surface area (Å²) >= 11 is 3.36. The van der Waals surface area contributed by atoms with Crippen LogP contribution in [0.15, 0.2) is 28.4 Å². The molecule has 0 amide bonds. The Morgan fingerprint density at radius 1 is 1.62 bits per heavy atom. The molecule has 21 heavy (non-hydrogen) atoms. The predicted octanol–water partition coefficient (Wildman–Crippen LogP) is 2.70. The van der Waals surface area contributed by atoms with Crippen molar-refractivity contribution in [2.24, 2.45) is 12.0 Å². The number of rotatable bonds is 4. The van der Waals surface area contributed by atoms with Crippen LogP contribution in [0.1, 0.15) is 24.8 Å². The fourth-order valence-electron chi connectivity index (χ4n) is 2.46. The first-order valence-electron chi connectivity index (χ1n) is 6.95. The quantitative estimate of drug-likeness (QED) is 0.420. The summed E-state index contributed by atoms with van der Waals surface area (Å²) in [6.07, 6.45) is 5.22. The maximum Gasteiger partial charge on any atom is 0.194 e. The lowest BCUT2D eigenvalue weighted by atomic mass is 10.0. The number of nitrogens with zero attached hydrogens (tertiary/aromatic N) is 4. The Labute approximate surface area is 152 Å². The van der Waals surface area contributed by atoms with Crippen molar-refractivity contribution in [3.05, 3.63) is 29.0 Å². The standard InChI is InChI=1S/C14H22BrN5.HI/c1-4-16-14(17-7-11(2)15)20-6-5-12(10-20)13-8-18-19(3)9-13;/h8-9,12H,2,4-7,10H2,1,3H3,(H,16,17);1H. The molecule has 1 N–H and O–H groups in total. The van der Waals surface area contributed by atoms with Gasteiger partial charge in [-0.1, -0.05) is 22.5 Å². The Hall–Kier alpha value is -0.570. The van der Waals surface area contributed by atoms with Crippen LogP contribution in [-0.2, 0) is 7.05 Å². The van der Waals surface area contributed by atoms with Crippen LogP contribution in [0, 0.1) is 0 Å². The Bertz CT molecular complexity index is 499. The van der Waals surface area contributed by atoms with Gasteiger partial charge in [-0.05, 0) is 18.9 Å². The summed E-state index contributed by atoms with van der Waals surface area (Å²) in [5.41, 5.74) is 1.32. The van der Waals surface area contributed by atoms with Crippen molar-refractivity contribution in [3.63, 3.8) is 0 Å². The van der Waals surface area contributed by atoms with Gasteiger partial charge in [0.15, 0.2) is 5.96 Å². The van der Waals surface area contributed by atoms with E-state index in [4.69, 9.17) is 0 Å². The fraction of sp³-hybridized carbons (Fsp3) is 0.571. The number of aliphatic imine (C=N–C) groups is 1. The van der Waals surface area contributed by atoms with Gasteiger partial charge in [0.25, 0.3) is 0 Å². The summed E-state index contributed by atoms with van der Waals surface area (Å²) < 4.78 is 2.77. The molecule has 2 rings (SSSR count). The number of halogens is 2. The second kappa shape index (κ2) is 8.77. The second-order valence-electron chi connectivity index (χ2n) is 5.07. The van der Waals surface area contributed by atoms with E-state index in [9.17, 15) is 0 Å². The minimum atomic E-state index is 0. The minimum absolute atomic E-state index is 0. The summed E-state index contributed by atoms with van der Waals surface area (Å²) in [6, 6.07) is 0. The van der Waals surface area contributed by atoms with Crippen molar-refractivity contribution in [1.29, 1.82) is 0 Å². The fourth-order valence-corrected chi connectivity index (χ4v) is 2.59. The molecule has 7 heteroatoms. The SMILES string of the molecule is C=C(Br)CN=C(NCC)N1CCC(c2cnn(C)c2)C1.I. The highest BCUT2D eigenvalue weighted by Crippen LogP contribution is 2.26. The average molecular weight is 468 g/mol. The van der Waals surface area contributed by atoms with E-state index in [0.717, 1.165) is 36.5 Å². The van der Waals surface area contributed by atoms with E-state index in [1.54, 1.807) is 0 Å². The van der Waals surface area contributed by atoms with E-state index in [0.29, 0.717) is 12.5 Å². The van der Waals surface area contributed by atoms with Crippen LogP contribution in [0.25, 0.3) is 0 Å². The molecular formula is C14H23BrIN5. The van der Waals surface area contributed by atoms with Gasteiger partial charge in [0.2, 0.25) is 0 Å². The number of aromatic nitrogens is 2. The van der Waals surface area contributed by atoms with Crippen LogP contribution in [0.3, 0.4) is 0 Å². The zero-order valence-electron chi connectivity index (χ0n) is 12.5. The normalized spacial score (nSPS) is 18.5. The van der Waals surface area contributed by atoms with Gasteiger partial charge < -0.3 is 10.2 Å². The molecule has 5 nitrogen and oxygen atoms in total. The lowest BCUT2D eigenvalue weighted by molar-refractivity contribution is 0.487. The highest BCUT2D eigenvalue weighted by atomic mass is 127. The van der Waals surface area contributed by atoms with Crippen molar-refractivity contribution in [3.8, 4) is 0 Å². The van der Waals surface area contributed by atoms with Gasteiger partial charge in [0.1, 0.15) is 0 Å². The lowest BCUT2D eigenvalue weighted by Crippen LogP contribution is -2.40.